The molecule has 2 aromatic heterocycles. The van der Waals surface area contributed by atoms with E-state index in [4.69, 9.17) is 11.6 Å². The van der Waals surface area contributed by atoms with Gasteiger partial charge in [-0.1, -0.05) is 11.6 Å². The summed E-state index contributed by atoms with van der Waals surface area (Å²) in [5.74, 6) is -0.0481. The molecule has 0 aliphatic rings. The Morgan fingerprint density at radius 2 is 2.13 bits per heavy atom. The number of hydrogen-bond acceptors (Lipinski definition) is 4. The molecule has 0 aliphatic heterocycles. The van der Waals surface area contributed by atoms with Crippen molar-refractivity contribution in [3.05, 3.63) is 41.0 Å². The maximum Gasteiger partial charge on any atom is 0.239 e. The number of fused-ring (bicyclic) bond motifs is 1. The first kappa shape index (κ1) is 15.3. The molecule has 0 fully saturated rings. The predicted molar refractivity (Wildman–Crippen MR) is 88.4 cm³/mol. The van der Waals surface area contributed by atoms with Crippen LogP contribution in [0.4, 0.5) is 0 Å². The number of rotatable bonds is 3. The van der Waals surface area contributed by atoms with E-state index >= 15 is 0 Å². The molecule has 3 aromatic rings. The number of phenolic OH excluding ortho intramolecular Hbond substituents is 1. The number of aryl methyl sites for hydroxylation is 1. The summed E-state index contributed by atoms with van der Waals surface area (Å²) in [4.78, 5) is 11.5. The van der Waals surface area contributed by atoms with Gasteiger partial charge < -0.3 is 15.0 Å². The number of aromatic nitrogens is 3. The Labute approximate surface area is 137 Å². The van der Waals surface area contributed by atoms with Crippen LogP contribution in [0.3, 0.4) is 0 Å². The lowest BCUT2D eigenvalue weighted by molar-refractivity contribution is -0.121. The van der Waals surface area contributed by atoms with Gasteiger partial charge >= 0.3 is 0 Å². The second-order valence-corrected chi connectivity index (χ2v) is 5.68. The van der Waals surface area contributed by atoms with Crippen molar-refractivity contribution in [1.82, 2.24) is 20.1 Å². The third-order valence-electron chi connectivity index (χ3n) is 3.64. The van der Waals surface area contributed by atoms with Gasteiger partial charge in [-0.15, -0.1) is 10.2 Å². The van der Waals surface area contributed by atoms with Crippen molar-refractivity contribution in [1.29, 1.82) is 0 Å². The maximum absolute atomic E-state index is 11.5. The molecule has 6 nitrogen and oxygen atoms in total. The fourth-order valence-corrected chi connectivity index (χ4v) is 2.80. The minimum Gasteiger partial charge on any atom is -0.507 e. The second-order valence-electron chi connectivity index (χ2n) is 5.24. The van der Waals surface area contributed by atoms with Crippen molar-refractivity contribution in [2.24, 2.45) is 0 Å². The smallest absolute Gasteiger partial charge is 0.239 e. The van der Waals surface area contributed by atoms with Gasteiger partial charge in [-0.05, 0) is 36.8 Å². The average molecular weight is 331 g/mol. The molecule has 0 radical (unpaired) electrons. The lowest BCUT2D eigenvalue weighted by atomic mass is 10.0. The number of benzene rings is 1. The molecule has 7 heteroatoms. The highest BCUT2D eigenvalue weighted by Gasteiger charge is 2.14. The zero-order valence-electron chi connectivity index (χ0n) is 12.7. The van der Waals surface area contributed by atoms with Gasteiger partial charge in [0.15, 0.2) is 5.65 Å². The lowest BCUT2D eigenvalue weighted by Gasteiger charge is -2.09. The van der Waals surface area contributed by atoms with Gasteiger partial charge in [-0.3, -0.25) is 4.79 Å². The molecule has 1 amide bonds. The van der Waals surface area contributed by atoms with E-state index in [1.807, 2.05) is 19.1 Å². The second kappa shape index (κ2) is 5.89. The number of aromatic hydroxyl groups is 1. The van der Waals surface area contributed by atoms with Crippen LogP contribution in [-0.4, -0.2) is 32.8 Å². The van der Waals surface area contributed by atoms with Crippen LogP contribution in [0.2, 0.25) is 5.02 Å². The summed E-state index contributed by atoms with van der Waals surface area (Å²) in [6.45, 7) is 2.03. The number of likely N-dealkylation sites (N-methyl/N-ethyl adjacent to an activating group) is 1. The largest absolute Gasteiger partial charge is 0.507 e. The molecular weight excluding hydrogens is 316 g/mol. The summed E-state index contributed by atoms with van der Waals surface area (Å²) in [7, 11) is 1.59. The van der Waals surface area contributed by atoms with Crippen molar-refractivity contribution in [3.8, 4) is 17.0 Å². The first-order chi connectivity index (χ1) is 11.0. The Kier molecular flexibility index (Phi) is 3.92. The van der Waals surface area contributed by atoms with Crippen LogP contribution >= 0.6 is 11.6 Å². The van der Waals surface area contributed by atoms with Crippen molar-refractivity contribution in [3.63, 3.8) is 0 Å². The third-order valence-corrected chi connectivity index (χ3v) is 3.86. The monoisotopic (exact) mass is 330 g/mol. The van der Waals surface area contributed by atoms with Crippen LogP contribution in [0.25, 0.3) is 22.3 Å². The summed E-state index contributed by atoms with van der Waals surface area (Å²) in [6.07, 6.45) is 1.78. The molecule has 0 atom stereocenters. The molecule has 1 aromatic carbocycles. The molecule has 2 heterocycles. The van der Waals surface area contributed by atoms with Gasteiger partial charge in [0.05, 0.1) is 5.69 Å². The fourth-order valence-electron chi connectivity index (χ4n) is 2.53. The Bertz CT molecular complexity index is 881. The SMILES string of the molecule is CNC(=O)Cn1ccc2cc(-c3c(C)cc(Cl)cc3O)nnc21. The highest BCUT2D eigenvalue weighted by molar-refractivity contribution is 6.31. The van der Waals surface area contributed by atoms with E-state index in [1.165, 1.54) is 6.07 Å². The zero-order valence-corrected chi connectivity index (χ0v) is 13.4. The van der Waals surface area contributed by atoms with Crippen LogP contribution in [-0.2, 0) is 11.3 Å². The van der Waals surface area contributed by atoms with Crippen LogP contribution in [0, 0.1) is 6.92 Å². The normalized spacial score (nSPS) is 10.9. The fraction of sp³-hybridized carbons (Fsp3) is 0.188. The molecule has 0 saturated heterocycles. The summed E-state index contributed by atoms with van der Waals surface area (Å²) < 4.78 is 1.72. The molecule has 2 N–H and O–H groups in total. The predicted octanol–water partition coefficient (Wildman–Crippen LogP) is 2.51. The van der Waals surface area contributed by atoms with Gasteiger partial charge in [-0.25, -0.2) is 0 Å². The van der Waals surface area contributed by atoms with Gasteiger partial charge in [-0.2, -0.15) is 0 Å². The molecular formula is C16H15ClN4O2. The quantitative estimate of drug-likeness (QED) is 0.773. The molecule has 23 heavy (non-hydrogen) atoms. The molecule has 0 bridgehead atoms. The van der Waals surface area contributed by atoms with Crippen molar-refractivity contribution in [2.75, 3.05) is 7.05 Å². The highest BCUT2D eigenvalue weighted by Crippen LogP contribution is 2.34. The maximum atomic E-state index is 11.5. The van der Waals surface area contributed by atoms with Crippen LogP contribution in [0.15, 0.2) is 30.5 Å². The molecule has 3 rings (SSSR count). The van der Waals surface area contributed by atoms with E-state index in [9.17, 15) is 9.90 Å². The Morgan fingerprint density at radius 1 is 1.35 bits per heavy atom. The molecule has 0 aliphatic carbocycles. The van der Waals surface area contributed by atoms with Gasteiger partial charge in [0.1, 0.15) is 12.3 Å². The Balaban J connectivity index is 2.07. The van der Waals surface area contributed by atoms with Gasteiger partial charge in [0.2, 0.25) is 5.91 Å². The molecule has 0 saturated carbocycles. The molecule has 0 unspecified atom stereocenters. The zero-order chi connectivity index (χ0) is 16.6. The van der Waals surface area contributed by atoms with E-state index in [-0.39, 0.29) is 18.2 Å². The number of amides is 1. The van der Waals surface area contributed by atoms with Crippen molar-refractivity contribution < 1.29 is 9.90 Å². The standard InChI is InChI=1S/C16H15ClN4O2/c1-9-5-11(17)7-13(22)15(9)12-6-10-3-4-21(8-14(23)18-2)16(10)20-19-12/h3-7,22H,8H2,1-2H3,(H,18,23). The molecule has 118 valence electrons. The van der Waals surface area contributed by atoms with Gasteiger partial charge in [0.25, 0.3) is 0 Å². The summed E-state index contributed by atoms with van der Waals surface area (Å²) in [5, 5.41) is 22.4. The minimum atomic E-state index is -0.112. The van der Waals surface area contributed by atoms with E-state index in [0.29, 0.717) is 21.9 Å². The first-order valence-electron chi connectivity index (χ1n) is 7.02. The number of carbonyl (C=O) groups is 1. The Morgan fingerprint density at radius 3 is 2.83 bits per heavy atom. The topological polar surface area (TPSA) is 80.0 Å². The van der Waals surface area contributed by atoms with Gasteiger partial charge in [0, 0.05) is 29.2 Å². The number of phenols is 1. The van der Waals surface area contributed by atoms with E-state index in [0.717, 1.165) is 10.9 Å². The third kappa shape index (κ3) is 2.85. The number of carbonyl (C=O) groups excluding carboxylic acids is 1. The summed E-state index contributed by atoms with van der Waals surface area (Å²) in [6, 6.07) is 6.93. The number of halogens is 1. The highest BCUT2D eigenvalue weighted by atomic mass is 35.5. The Hall–Kier alpha value is -2.60. The number of nitrogens with zero attached hydrogens (tertiary/aromatic N) is 3. The van der Waals surface area contributed by atoms with E-state index in [2.05, 4.69) is 15.5 Å². The number of nitrogens with one attached hydrogen (secondary N) is 1. The first-order valence-corrected chi connectivity index (χ1v) is 7.40. The van der Waals surface area contributed by atoms with Crippen LogP contribution in [0.5, 0.6) is 5.75 Å². The summed E-state index contributed by atoms with van der Waals surface area (Å²) in [5.41, 5.74) is 2.58. The lowest BCUT2D eigenvalue weighted by Crippen LogP contribution is -2.23. The number of hydrogen-bond donors (Lipinski definition) is 2. The van der Waals surface area contributed by atoms with Crippen molar-refractivity contribution in [2.45, 2.75) is 13.5 Å². The van der Waals surface area contributed by atoms with Crippen molar-refractivity contribution >= 4 is 28.5 Å². The van der Waals surface area contributed by atoms with E-state index < -0.39 is 0 Å². The average Bonchev–Trinajstić information content (AvgIpc) is 2.88. The molecule has 0 spiro atoms. The van der Waals surface area contributed by atoms with Crippen LogP contribution in [0.1, 0.15) is 5.56 Å². The van der Waals surface area contributed by atoms with E-state index in [1.54, 1.807) is 23.9 Å². The minimum absolute atomic E-state index is 0.0634. The van der Waals surface area contributed by atoms with Crippen LogP contribution < -0.4 is 5.32 Å². The summed E-state index contributed by atoms with van der Waals surface area (Å²) >= 11 is 5.93.